The van der Waals surface area contributed by atoms with E-state index in [2.05, 4.69) is 36.9 Å². The Morgan fingerprint density at radius 3 is 2.29 bits per heavy atom. The number of nitrogens with zero attached hydrogens (tertiary/aromatic N) is 2. The molecule has 1 fully saturated rings. The Labute approximate surface area is 104 Å². The van der Waals surface area contributed by atoms with E-state index < -0.39 is 0 Å². The van der Waals surface area contributed by atoms with Crippen molar-refractivity contribution in [2.24, 2.45) is 11.8 Å². The average Bonchev–Trinajstić information content (AvgIpc) is 2.30. The van der Waals surface area contributed by atoms with Crippen molar-refractivity contribution in [1.29, 1.82) is 5.26 Å². The predicted octanol–water partition coefficient (Wildman–Crippen LogP) is 3.23. The summed E-state index contributed by atoms with van der Waals surface area (Å²) >= 11 is 0. The molecule has 0 N–H and O–H groups in total. The van der Waals surface area contributed by atoms with E-state index in [1.165, 1.54) is 6.42 Å². The van der Waals surface area contributed by atoms with Gasteiger partial charge in [0.05, 0.1) is 6.07 Å². The second-order valence-electron chi connectivity index (χ2n) is 5.34. The number of rotatable bonds is 2. The van der Waals surface area contributed by atoms with E-state index in [0.29, 0.717) is 11.8 Å². The van der Waals surface area contributed by atoms with Crippen molar-refractivity contribution >= 4 is 0 Å². The summed E-state index contributed by atoms with van der Waals surface area (Å²) in [5, 5.41) is 9.41. The van der Waals surface area contributed by atoms with Crippen molar-refractivity contribution in [3.8, 4) is 6.07 Å². The Hall–Kier alpha value is -1.33. The van der Waals surface area contributed by atoms with Crippen LogP contribution in [-0.2, 0) is 0 Å². The summed E-state index contributed by atoms with van der Waals surface area (Å²) in [7, 11) is 0. The molecule has 3 unspecified atom stereocenters. The highest BCUT2D eigenvalue weighted by Crippen LogP contribution is 2.28. The SMILES string of the molecule is CC1CC(C)CN(C(C#N)c2ccccc2)C1. The molecular weight excluding hydrogens is 208 g/mol. The molecule has 2 rings (SSSR count). The van der Waals surface area contributed by atoms with E-state index in [0.717, 1.165) is 18.7 Å². The third-order valence-corrected chi connectivity index (χ3v) is 3.50. The standard InChI is InChI=1S/C15H20N2/c1-12-8-13(2)11-17(10-12)15(9-16)14-6-4-3-5-7-14/h3-7,12-13,15H,8,10-11H2,1-2H3. The van der Waals surface area contributed by atoms with Crippen molar-refractivity contribution < 1.29 is 0 Å². The highest BCUT2D eigenvalue weighted by atomic mass is 15.2. The molecule has 0 aliphatic carbocycles. The van der Waals surface area contributed by atoms with E-state index in [1.807, 2.05) is 18.2 Å². The number of nitriles is 1. The molecule has 1 aromatic carbocycles. The molecule has 1 aliphatic rings. The van der Waals surface area contributed by atoms with Gasteiger partial charge in [0.2, 0.25) is 0 Å². The molecule has 0 radical (unpaired) electrons. The Morgan fingerprint density at radius 2 is 1.76 bits per heavy atom. The molecule has 1 saturated heterocycles. The summed E-state index contributed by atoms with van der Waals surface area (Å²) in [5.41, 5.74) is 1.12. The van der Waals surface area contributed by atoms with Crippen LogP contribution in [0.15, 0.2) is 30.3 Å². The Kier molecular flexibility index (Phi) is 3.81. The van der Waals surface area contributed by atoms with E-state index in [9.17, 15) is 5.26 Å². The number of likely N-dealkylation sites (tertiary alicyclic amines) is 1. The third kappa shape index (κ3) is 2.87. The van der Waals surface area contributed by atoms with Crippen LogP contribution in [0.3, 0.4) is 0 Å². The van der Waals surface area contributed by atoms with Crippen LogP contribution in [0.1, 0.15) is 31.9 Å². The van der Waals surface area contributed by atoms with Gasteiger partial charge in [-0.3, -0.25) is 4.90 Å². The molecule has 1 heterocycles. The fourth-order valence-electron chi connectivity index (χ4n) is 2.92. The second-order valence-corrected chi connectivity index (χ2v) is 5.34. The lowest BCUT2D eigenvalue weighted by molar-refractivity contribution is 0.117. The minimum Gasteiger partial charge on any atom is -0.284 e. The molecule has 0 spiro atoms. The van der Waals surface area contributed by atoms with Crippen LogP contribution in [0.4, 0.5) is 0 Å². The van der Waals surface area contributed by atoms with E-state index >= 15 is 0 Å². The molecule has 2 heteroatoms. The molecule has 0 aromatic heterocycles. The summed E-state index contributed by atoms with van der Waals surface area (Å²) in [5.74, 6) is 1.39. The number of benzene rings is 1. The summed E-state index contributed by atoms with van der Waals surface area (Å²) in [6.07, 6.45) is 1.28. The largest absolute Gasteiger partial charge is 0.284 e. The van der Waals surface area contributed by atoms with Crippen molar-refractivity contribution in [3.05, 3.63) is 35.9 Å². The molecule has 90 valence electrons. The van der Waals surface area contributed by atoms with Gasteiger partial charge in [-0.2, -0.15) is 5.26 Å². The zero-order valence-electron chi connectivity index (χ0n) is 10.6. The van der Waals surface area contributed by atoms with E-state index in [-0.39, 0.29) is 6.04 Å². The lowest BCUT2D eigenvalue weighted by Gasteiger charge is -2.37. The van der Waals surface area contributed by atoms with E-state index in [1.54, 1.807) is 0 Å². The van der Waals surface area contributed by atoms with Crippen LogP contribution in [-0.4, -0.2) is 18.0 Å². The number of hydrogen-bond acceptors (Lipinski definition) is 2. The first-order chi connectivity index (χ1) is 8.20. The molecule has 0 bridgehead atoms. The Balaban J connectivity index is 2.17. The van der Waals surface area contributed by atoms with Crippen molar-refractivity contribution in [2.45, 2.75) is 26.3 Å². The molecule has 0 amide bonds. The number of piperidine rings is 1. The first kappa shape index (κ1) is 12.1. The summed E-state index contributed by atoms with van der Waals surface area (Å²) in [6, 6.07) is 12.5. The van der Waals surface area contributed by atoms with Gasteiger partial charge >= 0.3 is 0 Å². The molecule has 3 atom stereocenters. The van der Waals surface area contributed by atoms with Crippen molar-refractivity contribution in [1.82, 2.24) is 4.90 Å². The topological polar surface area (TPSA) is 27.0 Å². The highest BCUT2D eigenvalue weighted by Gasteiger charge is 2.28. The second kappa shape index (κ2) is 5.33. The first-order valence-electron chi connectivity index (χ1n) is 6.39. The quantitative estimate of drug-likeness (QED) is 0.777. The van der Waals surface area contributed by atoms with Crippen LogP contribution in [0.25, 0.3) is 0 Å². The molecule has 1 aliphatic heterocycles. The number of hydrogen-bond donors (Lipinski definition) is 0. The monoisotopic (exact) mass is 228 g/mol. The van der Waals surface area contributed by atoms with Crippen molar-refractivity contribution in [2.75, 3.05) is 13.1 Å². The Morgan fingerprint density at radius 1 is 1.18 bits per heavy atom. The summed E-state index contributed by atoms with van der Waals surface area (Å²) in [4.78, 5) is 2.33. The Bertz CT molecular complexity index is 383. The zero-order chi connectivity index (χ0) is 12.3. The first-order valence-corrected chi connectivity index (χ1v) is 6.39. The summed E-state index contributed by atoms with van der Waals surface area (Å²) in [6.45, 7) is 6.64. The lowest BCUT2D eigenvalue weighted by Crippen LogP contribution is -2.40. The predicted molar refractivity (Wildman–Crippen MR) is 69.3 cm³/mol. The maximum atomic E-state index is 9.41. The maximum absolute atomic E-state index is 9.41. The minimum absolute atomic E-state index is 0.0820. The van der Waals surface area contributed by atoms with Gasteiger partial charge < -0.3 is 0 Å². The van der Waals surface area contributed by atoms with Gasteiger partial charge in [0.25, 0.3) is 0 Å². The van der Waals surface area contributed by atoms with Gasteiger partial charge in [0.1, 0.15) is 6.04 Å². The third-order valence-electron chi connectivity index (χ3n) is 3.50. The fourth-order valence-corrected chi connectivity index (χ4v) is 2.92. The molecule has 1 aromatic rings. The maximum Gasteiger partial charge on any atom is 0.123 e. The molecule has 2 nitrogen and oxygen atoms in total. The lowest BCUT2D eigenvalue weighted by atomic mass is 9.90. The summed E-state index contributed by atoms with van der Waals surface area (Å²) < 4.78 is 0. The van der Waals surface area contributed by atoms with Gasteiger partial charge in [0.15, 0.2) is 0 Å². The van der Waals surface area contributed by atoms with Crippen LogP contribution in [0, 0.1) is 23.2 Å². The molecule has 17 heavy (non-hydrogen) atoms. The molecule has 0 saturated carbocycles. The fraction of sp³-hybridized carbons (Fsp3) is 0.533. The van der Waals surface area contributed by atoms with E-state index in [4.69, 9.17) is 0 Å². The van der Waals surface area contributed by atoms with Gasteiger partial charge in [-0.05, 0) is 23.8 Å². The zero-order valence-corrected chi connectivity index (χ0v) is 10.6. The van der Waals surface area contributed by atoms with Gasteiger partial charge in [-0.15, -0.1) is 0 Å². The minimum atomic E-state index is -0.0820. The van der Waals surface area contributed by atoms with Crippen LogP contribution in [0.2, 0.25) is 0 Å². The normalized spacial score (nSPS) is 27.4. The van der Waals surface area contributed by atoms with Gasteiger partial charge in [0, 0.05) is 13.1 Å². The molecular formula is C15H20N2. The van der Waals surface area contributed by atoms with Crippen LogP contribution in [0.5, 0.6) is 0 Å². The average molecular weight is 228 g/mol. The highest BCUT2D eigenvalue weighted by molar-refractivity contribution is 5.24. The van der Waals surface area contributed by atoms with Crippen LogP contribution >= 0.6 is 0 Å². The van der Waals surface area contributed by atoms with Gasteiger partial charge in [-0.1, -0.05) is 44.2 Å². The van der Waals surface area contributed by atoms with Crippen LogP contribution < -0.4 is 0 Å². The smallest absolute Gasteiger partial charge is 0.123 e. The van der Waals surface area contributed by atoms with Crippen molar-refractivity contribution in [3.63, 3.8) is 0 Å². The van der Waals surface area contributed by atoms with Gasteiger partial charge in [-0.25, -0.2) is 0 Å².